The van der Waals surface area contributed by atoms with Crippen molar-refractivity contribution in [3.05, 3.63) is 370 Å². The first kappa shape index (κ1) is 82.4. The number of rotatable bonds is 11. The molecule has 0 fully saturated rings. The lowest BCUT2D eigenvalue weighted by Gasteiger charge is -2.20. The lowest BCUT2D eigenvalue weighted by molar-refractivity contribution is -0.750. The van der Waals surface area contributed by atoms with Gasteiger partial charge in [0.1, 0.15) is 82.9 Å². The van der Waals surface area contributed by atoms with Crippen molar-refractivity contribution < 1.29 is 57.8 Å². The molecule has 10 aromatic heterocycles. The maximum atomic E-state index is 8.42. The summed E-state index contributed by atoms with van der Waals surface area (Å²) in [7, 11) is 11.4. The van der Waals surface area contributed by atoms with Gasteiger partial charge in [0.05, 0.1) is 54.9 Å². The average molecular weight is 1850 g/mol. The summed E-state index contributed by atoms with van der Waals surface area (Å²) in [5, 5.41) is 21.8. The molecule has 698 valence electrons. The Morgan fingerprint density at radius 3 is 1.04 bits per heavy atom. The molecule has 0 saturated carbocycles. The van der Waals surface area contributed by atoms with E-state index in [0.717, 1.165) is 189 Å². The zero-order valence-corrected chi connectivity index (χ0v) is 82.8. The van der Waals surface area contributed by atoms with Gasteiger partial charge >= 0.3 is 18.0 Å². The van der Waals surface area contributed by atoms with Crippen LogP contribution >= 0.6 is 0 Å². The van der Waals surface area contributed by atoms with Crippen molar-refractivity contribution in [1.29, 1.82) is 0 Å². The van der Waals surface area contributed by atoms with Crippen molar-refractivity contribution in [2.24, 2.45) is 42.3 Å². The average Bonchev–Trinajstić information content (AvgIpc) is 1.59. The lowest BCUT2D eigenvalue weighted by atomic mass is 9.89. The number of fused-ring (bicyclic) bond motifs is 12. The van der Waals surface area contributed by atoms with E-state index >= 15 is 0 Å². The number of hydrogen-bond donors (Lipinski definition) is 0. The van der Waals surface area contributed by atoms with E-state index in [1.54, 1.807) is 43.6 Å². The van der Waals surface area contributed by atoms with E-state index in [2.05, 4.69) is 145 Å². The molecule has 22 heteroatoms. The van der Waals surface area contributed by atoms with Gasteiger partial charge in [0, 0.05) is 122 Å². The minimum atomic E-state index is -2.46. The Kier molecular flexibility index (Phi) is 22.7. The molecule has 0 bridgehead atoms. The molecule has 0 aliphatic rings. The largest absolute Gasteiger partial charge is 0.456 e. The first-order valence-electron chi connectivity index (χ1n) is 51.2. The summed E-state index contributed by atoms with van der Waals surface area (Å²) >= 11 is 0. The molecular weight excluding hydrogens is 1720 g/mol. The number of aromatic nitrogens is 18. The van der Waals surface area contributed by atoms with E-state index in [-0.39, 0.29) is 29.3 Å². The monoisotopic (exact) mass is 1850 g/mol. The number of hydrogen-bond acceptors (Lipinski definition) is 10. The zero-order chi connectivity index (χ0) is 105. The molecule has 0 aliphatic heterocycles. The Bertz CT molecular complexity index is 8940. The van der Waals surface area contributed by atoms with Crippen molar-refractivity contribution in [3.63, 3.8) is 0 Å². The number of furan rings is 4. The molecule has 0 spiro atoms. The zero-order valence-electron chi connectivity index (χ0n) is 91.8. The number of aryl methyl sites for hydroxylation is 19. The van der Waals surface area contributed by atoms with Crippen molar-refractivity contribution in [2.75, 3.05) is 0 Å². The summed E-state index contributed by atoms with van der Waals surface area (Å²) in [6.45, 7) is 25.6. The van der Waals surface area contributed by atoms with Crippen molar-refractivity contribution in [3.8, 4) is 68.3 Å². The third kappa shape index (κ3) is 17.1. The molecular formula is C117H122N18O4+6. The summed E-state index contributed by atoms with van der Waals surface area (Å²) in [4.78, 5) is 12.6. The Labute approximate surface area is 823 Å². The van der Waals surface area contributed by atoms with E-state index in [4.69, 9.17) is 30.0 Å². The molecule has 0 unspecified atom stereocenters. The van der Waals surface area contributed by atoms with Gasteiger partial charge in [-0.1, -0.05) is 204 Å². The van der Waals surface area contributed by atoms with Gasteiger partial charge in [-0.25, -0.2) is 0 Å². The molecule has 0 radical (unpaired) electrons. The number of para-hydroxylation sites is 7. The van der Waals surface area contributed by atoms with Crippen LogP contribution in [0.15, 0.2) is 292 Å². The van der Waals surface area contributed by atoms with E-state index in [9.17, 15) is 0 Å². The standard InChI is InChI=1S/C31H26N3O2.C29H32N3O.C25H24N3O.2C11H14N3.C10H12N3/c1-17-14-15-23-21-10-6-8-12-25(21)36-30(23)27(17)31-33(5)32-20(4)34(31)28-18(2)16-24-22-11-7-9-13-26(22)35-29(24)19(28)3;1-17(2)23-16-24-22-14-10-11-15-25(22)33-28(24)26(18(3)4)27(23)32-20(6)30-31(7)29(32)21-13-9-8-12-19(21)5;1-15-10-6-7-11-19(15)25-27(5)26-18(4)28(25)23-16(2)14-21-20-12-8-9-13-22(20)29-24(21)17(23)3;2*1-9-6-4-5-7-11(9)14-8-12-10(2)13(14)3;1-9-5-3-4-6-10(9)13-8-11-7-12(13)2/h6-16H,1-5H3;8-18H,1-7H3;6-14H,1-5H3;2*4-8H,1-3H3;3-8H,1-2H3/q6*+1/i4D3;6D3;4D3;;;. The number of benzene rings is 13. The second-order valence-electron chi connectivity index (χ2n) is 36.5. The van der Waals surface area contributed by atoms with Gasteiger partial charge in [0.25, 0.3) is 34.9 Å². The van der Waals surface area contributed by atoms with E-state index in [1.165, 1.54) is 33.8 Å². The molecule has 10 heterocycles. The summed E-state index contributed by atoms with van der Waals surface area (Å²) in [6, 6.07) is 83.1. The maximum Gasteiger partial charge on any atom is 0.315 e. The van der Waals surface area contributed by atoms with Crippen LogP contribution in [0.2, 0.25) is 0 Å². The van der Waals surface area contributed by atoms with E-state index < -0.39 is 20.6 Å². The smallest absolute Gasteiger partial charge is 0.315 e. The quantitative estimate of drug-likeness (QED) is 0.113. The highest BCUT2D eigenvalue weighted by atomic mass is 16.3. The lowest BCUT2D eigenvalue weighted by Crippen LogP contribution is -2.40. The third-order valence-electron chi connectivity index (χ3n) is 26.5. The van der Waals surface area contributed by atoms with Crippen molar-refractivity contribution in [2.45, 2.75) is 143 Å². The molecule has 0 N–H and O–H groups in total. The summed E-state index contributed by atoms with van der Waals surface area (Å²) in [5.41, 5.74) is 27.2. The highest BCUT2D eigenvalue weighted by Gasteiger charge is 2.36. The van der Waals surface area contributed by atoms with Crippen LogP contribution in [0.5, 0.6) is 0 Å². The predicted molar refractivity (Wildman–Crippen MR) is 553 cm³/mol. The van der Waals surface area contributed by atoms with Gasteiger partial charge in [0.15, 0.2) is 0 Å². The third-order valence-corrected chi connectivity index (χ3v) is 26.5. The second-order valence-corrected chi connectivity index (χ2v) is 36.5. The van der Waals surface area contributed by atoms with E-state index in [1.807, 2.05) is 324 Å². The Hall–Kier alpha value is -16.1. The first-order valence-corrected chi connectivity index (χ1v) is 46.7. The van der Waals surface area contributed by atoms with Gasteiger partial charge < -0.3 is 17.7 Å². The molecule has 22 nitrogen and oxygen atoms in total. The van der Waals surface area contributed by atoms with E-state index in [0.29, 0.717) is 11.4 Å². The fourth-order valence-corrected chi connectivity index (χ4v) is 19.3. The predicted octanol–water partition coefficient (Wildman–Crippen LogP) is 23.7. The Morgan fingerprint density at radius 2 is 0.662 bits per heavy atom. The van der Waals surface area contributed by atoms with Gasteiger partial charge in [-0.15, -0.1) is 28.1 Å². The van der Waals surface area contributed by atoms with Crippen molar-refractivity contribution in [1.82, 2.24) is 58.3 Å². The number of nitrogens with zero attached hydrogens (tertiary/aromatic N) is 18. The highest BCUT2D eigenvalue weighted by Crippen LogP contribution is 2.44. The maximum absolute atomic E-state index is 8.42. The van der Waals surface area contributed by atoms with Gasteiger partial charge in [-0.2, -0.15) is 27.7 Å². The minimum Gasteiger partial charge on any atom is -0.456 e. The Morgan fingerprint density at radius 1 is 0.309 bits per heavy atom. The minimum absolute atomic E-state index is 0.0193. The van der Waals surface area contributed by atoms with Crippen LogP contribution in [-0.4, -0.2) is 58.3 Å². The van der Waals surface area contributed by atoms with Gasteiger partial charge in [-0.3, -0.25) is 0 Å². The molecule has 13 aromatic carbocycles. The van der Waals surface area contributed by atoms with Gasteiger partial charge in [-0.05, 0) is 219 Å². The molecule has 0 amide bonds. The van der Waals surface area contributed by atoms with Gasteiger partial charge in [0.2, 0.25) is 19.0 Å². The fraction of sp³-hybridized carbons (Fsp3) is 0.231. The molecule has 23 rings (SSSR count). The van der Waals surface area contributed by atoms with Crippen LogP contribution in [0, 0.1) is 104 Å². The Balaban J connectivity index is 0.000000122. The van der Waals surface area contributed by atoms with Crippen LogP contribution < -0.4 is 27.7 Å². The normalized spacial score (nSPS) is 12.7. The summed E-state index contributed by atoms with van der Waals surface area (Å²) in [6.07, 6.45) is 7.28. The van der Waals surface area contributed by atoms with Crippen molar-refractivity contribution >= 4 is 87.8 Å². The molecule has 139 heavy (non-hydrogen) atoms. The molecule has 0 aliphatic carbocycles. The van der Waals surface area contributed by atoms with Crippen LogP contribution in [0.25, 0.3) is 156 Å². The summed E-state index contributed by atoms with van der Waals surface area (Å²) in [5.74, 6) is 4.36. The topological polar surface area (TPSA) is 183 Å². The SMILES string of the molecule is Cc1ccccc1-n1cnc(C)[n+]1C.Cc1ccccc1-n1cnc(C)[n+]1C.Cc1ccccc1-n1cnc[n+]1C.[2H]C([2H])([2H])c1nn(C)c(-c2c(C)ccc3c2oc2ccccc23)[n+]1-c1c(C)cc2c(oc3ccccc32)c1C.[2H]C([2H])([2H])c1nn(C)c(-c2ccccc2C)[n+]1-c1c(C(C)C)cc2c(oc3ccccc32)c1C(C)C.[2H]C([2H])([2H])c1nn(C)c(-c2ccccc2C)[n+]1-c1c(C)cc2c(oc3ccccc32)c1C. The highest BCUT2D eigenvalue weighted by molar-refractivity contribution is 6.11. The fourth-order valence-electron chi connectivity index (χ4n) is 19.3. The second kappa shape index (κ2) is 38.2. The molecule has 0 atom stereocenters. The van der Waals surface area contributed by atoms with Crippen LogP contribution in [0.1, 0.15) is 148 Å². The van der Waals surface area contributed by atoms with Crippen LogP contribution in [0.3, 0.4) is 0 Å². The summed E-state index contributed by atoms with van der Waals surface area (Å²) < 4.78 is 123. The van der Waals surface area contributed by atoms with Crippen LogP contribution in [-0.2, 0) is 42.3 Å². The first-order chi connectivity index (χ1) is 70.5. The molecule has 0 saturated heterocycles. The van der Waals surface area contributed by atoms with Crippen LogP contribution in [0.4, 0.5) is 0 Å². The molecule has 23 aromatic rings.